The van der Waals surface area contributed by atoms with Gasteiger partial charge in [-0.05, 0) is 55.2 Å². The van der Waals surface area contributed by atoms with Crippen molar-refractivity contribution in [2.24, 2.45) is 0 Å². The highest BCUT2D eigenvalue weighted by Gasteiger charge is 2.11. The first kappa shape index (κ1) is 29.8. The Kier molecular flexibility index (Phi) is 14.2. The molecular formula is C29H38N6O. The number of carbonyl (C=O) groups excluding carboxylic acids is 1. The average molecular weight is 487 g/mol. The van der Waals surface area contributed by atoms with Crippen LogP contribution in [-0.2, 0) is 11.2 Å². The molecule has 5 N–H and O–H groups in total. The van der Waals surface area contributed by atoms with Crippen LogP contribution in [0.3, 0.4) is 0 Å². The number of hydrogen-bond donors (Lipinski definition) is 4. The Balaban J connectivity index is 0.000000826. The normalized spacial score (nSPS) is 10.2. The summed E-state index contributed by atoms with van der Waals surface area (Å²) in [5.41, 5.74) is 9.41. The number of allylic oxidation sites excluding steroid dienone is 4. The van der Waals surface area contributed by atoms with E-state index in [1.54, 1.807) is 18.2 Å². The largest absolute Gasteiger partial charge is 0.398 e. The molecule has 0 spiro atoms. The zero-order valence-corrected chi connectivity index (χ0v) is 21.7. The fourth-order valence-electron chi connectivity index (χ4n) is 2.97. The molecular weight excluding hydrogens is 448 g/mol. The first-order valence-electron chi connectivity index (χ1n) is 12.1. The second-order valence-electron chi connectivity index (χ2n) is 7.37. The minimum Gasteiger partial charge on any atom is -0.398 e. The topological polar surface area (TPSA) is 121 Å². The van der Waals surface area contributed by atoms with Crippen molar-refractivity contribution in [3.05, 3.63) is 102 Å². The van der Waals surface area contributed by atoms with Crippen LogP contribution in [0, 0.1) is 5.41 Å². The molecule has 0 aliphatic heterocycles. The van der Waals surface area contributed by atoms with Gasteiger partial charge in [0, 0.05) is 29.4 Å². The van der Waals surface area contributed by atoms with E-state index < -0.39 is 0 Å². The van der Waals surface area contributed by atoms with Gasteiger partial charge in [0.15, 0.2) is 5.82 Å². The molecule has 0 atom stereocenters. The van der Waals surface area contributed by atoms with Crippen molar-refractivity contribution >= 4 is 17.3 Å². The number of nitrogens with zero attached hydrogens (tertiary/aromatic N) is 2. The second kappa shape index (κ2) is 17.2. The molecule has 7 nitrogen and oxygen atoms in total. The van der Waals surface area contributed by atoms with Crippen LogP contribution >= 0.6 is 0 Å². The molecule has 0 fully saturated rings. The molecule has 190 valence electrons. The molecule has 1 heterocycles. The zero-order chi connectivity index (χ0) is 26.8. The van der Waals surface area contributed by atoms with Crippen molar-refractivity contribution in [2.45, 2.75) is 40.5 Å². The quantitative estimate of drug-likeness (QED) is 0.0990. The number of amides is 1. The number of carbonyl (C=O) groups is 1. The summed E-state index contributed by atoms with van der Waals surface area (Å²) in [5.74, 6) is 0.344. The van der Waals surface area contributed by atoms with Crippen LogP contribution in [0.15, 0.2) is 91.3 Å². The highest BCUT2D eigenvalue weighted by Crippen LogP contribution is 2.23. The molecule has 0 unspecified atom stereocenters. The third-order valence-corrected chi connectivity index (χ3v) is 4.80. The Morgan fingerprint density at radius 1 is 1.17 bits per heavy atom. The Bertz CT molecular complexity index is 1130. The number of H-pyrrole nitrogens is 1. The van der Waals surface area contributed by atoms with Gasteiger partial charge in [-0.15, -0.1) is 0 Å². The van der Waals surface area contributed by atoms with Crippen LogP contribution in [0.2, 0.25) is 0 Å². The second-order valence-corrected chi connectivity index (χ2v) is 7.37. The van der Waals surface area contributed by atoms with E-state index in [4.69, 9.17) is 11.1 Å². The van der Waals surface area contributed by atoms with Crippen LogP contribution in [0.4, 0.5) is 5.69 Å². The lowest BCUT2D eigenvalue weighted by Crippen LogP contribution is -2.23. The maximum Gasteiger partial charge on any atom is 0.244 e. The van der Waals surface area contributed by atoms with E-state index >= 15 is 0 Å². The summed E-state index contributed by atoms with van der Waals surface area (Å²) >= 11 is 0. The summed E-state index contributed by atoms with van der Waals surface area (Å²) in [4.78, 5) is 16.1. The van der Waals surface area contributed by atoms with E-state index in [2.05, 4.69) is 46.2 Å². The van der Waals surface area contributed by atoms with E-state index in [1.165, 1.54) is 18.5 Å². The average Bonchev–Trinajstić information content (AvgIpc) is 3.45. The SMILES string of the molecule is C/C=C\CC.C=C(/C=C/C(=O)NCCc1ccccc1)C(=N)c1cc(-c2ncn[nH]2)ccc1N.CC. The lowest BCUT2D eigenvalue weighted by atomic mass is 9.99. The molecule has 0 aliphatic rings. The Labute approximate surface area is 214 Å². The van der Waals surface area contributed by atoms with E-state index in [0.29, 0.717) is 29.2 Å². The highest BCUT2D eigenvalue weighted by molar-refractivity contribution is 6.15. The molecule has 3 rings (SSSR count). The van der Waals surface area contributed by atoms with Gasteiger partial charge < -0.3 is 11.1 Å². The number of hydrogen-bond acceptors (Lipinski definition) is 5. The molecule has 3 aromatic rings. The Morgan fingerprint density at radius 3 is 2.47 bits per heavy atom. The zero-order valence-electron chi connectivity index (χ0n) is 21.7. The molecule has 7 heteroatoms. The van der Waals surface area contributed by atoms with Crippen LogP contribution in [0.25, 0.3) is 11.4 Å². The summed E-state index contributed by atoms with van der Waals surface area (Å²) < 4.78 is 0. The summed E-state index contributed by atoms with van der Waals surface area (Å²) in [6.45, 7) is 12.6. The van der Waals surface area contributed by atoms with Gasteiger partial charge in [-0.25, -0.2) is 4.98 Å². The molecule has 2 aromatic carbocycles. The lowest BCUT2D eigenvalue weighted by Gasteiger charge is -2.09. The monoisotopic (exact) mass is 486 g/mol. The molecule has 0 saturated carbocycles. The number of aromatic nitrogens is 3. The van der Waals surface area contributed by atoms with Crippen molar-refractivity contribution in [3.63, 3.8) is 0 Å². The number of nitrogens with two attached hydrogens (primary N) is 1. The fourth-order valence-corrected chi connectivity index (χ4v) is 2.97. The van der Waals surface area contributed by atoms with Crippen LogP contribution in [0.5, 0.6) is 0 Å². The van der Waals surface area contributed by atoms with Gasteiger partial charge in [0.05, 0.1) is 5.71 Å². The van der Waals surface area contributed by atoms with Crippen molar-refractivity contribution in [1.29, 1.82) is 5.41 Å². The number of benzene rings is 2. The van der Waals surface area contributed by atoms with E-state index in [1.807, 2.05) is 51.1 Å². The molecule has 0 saturated heterocycles. The first-order chi connectivity index (χ1) is 17.5. The first-order valence-corrected chi connectivity index (χ1v) is 12.1. The van der Waals surface area contributed by atoms with Gasteiger partial charge in [0.25, 0.3) is 0 Å². The van der Waals surface area contributed by atoms with E-state index in [-0.39, 0.29) is 11.6 Å². The molecule has 1 aromatic heterocycles. The standard InChI is InChI=1S/C22H22N6O.C5H10.C2H6/c1-15(7-10-20(29)25-12-11-16-5-3-2-4-6-16)21(24)18-13-17(8-9-19(18)23)22-26-14-27-28-22;1-3-5-4-2;1-2/h2-10,13-14,24H,1,11-12,23H2,(H,25,29)(H,26,27,28);3,5H,4H2,1-2H3;1-2H3/b10-7+,24-21?;5-3-;. The molecule has 0 radical (unpaired) electrons. The van der Waals surface area contributed by atoms with Crippen molar-refractivity contribution in [1.82, 2.24) is 20.5 Å². The number of nitrogens with one attached hydrogen (secondary N) is 3. The van der Waals surface area contributed by atoms with Crippen molar-refractivity contribution in [3.8, 4) is 11.4 Å². The van der Waals surface area contributed by atoms with Gasteiger partial charge in [-0.2, -0.15) is 5.10 Å². The minimum atomic E-state index is -0.238. The number of nitrogen functional groups attached to an aromatic ring is 1. The van der Waals surface area contributed by atoms with Gasteiger partial charge in [-0.3, -0.25) is 15.3 Å². The van der Waals surface area contributed by atoms with Gasteiger partial charge in [0.2, 0.25) is 5.91 Å². The Hall–Kier alpha value is -4.26. The number of anilines is 1. The molecule has 0 aliphatic carbocycles. The summed E-state index contributed by atoms with van der Waals surface area (Å²) in [6, 6.07) is 15.2. The Morgan fingerprint density at radius 2 is 1.89 bits per heavy atom. The van der Waals surface area contributed by atoms with Crippen LogP contribution in [0.1, 0.15) is 45.2 Å². The fraction of sp³-hybridized carbons (Fsp3) is 0.241. The third kappa shape index (κ3) is 10.3. The molecule has 0 bridgehead atoms. The highest BCUT2D eigenvalue weighted by atomic mass is 16.1. The predicted octanol–water partition coefficient (Wildman–Crippen LogP) is 5.89. The molecule has 36 heavy (non-hydrogen) atoms. The number of rotatable bonds is 9. The number of aromatic amines is 1. The van der Waals surface area contributed by atoms with Gasteiger partial charge in [-0.1, -0.05) is 69.8 Å². The lowest BCUT2D eigenvalue weighted by molar-refractivity contribution is -0.116. The maximum atomic E-state index is 12.0. The summed E-state index contributed by atoms with van der Waals surface area (Å²) in [7, 11) is 0. The van der Waals surface area contributed by atoms with E-state index in [9.17, 15) is 4.79 Å². The maximum absolute atomic E-state index is 12.0. The third-order valence-electron chi connectivity index (χ3n) is 4.80. The minimum absolute atomic E-state index is 0.136. The predicted molar refractivity (Wildman–Crippen MR) is 151 cm³/mol. The van der Waals surface area contributed by atoms with E-state index in [0.717, 1.165) is 24.0 Å². The smallest absolute Gasteiger partial charge is 0.244 e. The van der Waals surface area contributed by atoms with Crippen molar-refractivity contribution in [2.75, 3.05) is 12.3 Å². The van der Waals surface area contributed by atoms with Crippen LogP contribution < -0.4 is 11.1 Å². The van der Waals surface area contributed by atoms with Crippen LogP contribution in [-0.4, -0.2) is 33.3 Å². The van der Waals surface area contributed by atoms with Crippen molar-refractivity contribution < 1.29 is 4.79 Å². The molecule has 1 amide bonds. The van der Waals surface area contributed by atoms with Gasteiger partial charge in [0.1, 0.15) is 6.33 Å². The summed E-state index contributed by atoms with van der Waals surface area (Å²) in [5, 5.41) is 17.8. The van der Waals surface area contributed by atoms with Gasteiger partial charge >= 0.3 is 0 Å². The summed E-state index contributed by atoms with van der Waals surface area (Å²) in [6.07, 6.45) is 10.4.